The second-order valence-corrected chi connectivity index (χ2v) is 9.65. The fourth-order valence-corrected chi connectivity index (χ4v) is 5.52. The van der Waals surface area contributed by atoms with Crippen molar-refractivity contribution in [1.82, 2.24) is 5.32 Å². The van der Waals surface area contributed by atoms with Crippen molar-refractivity contribution in [2.75, 3.05) is 24.0 Å². The molecule has 168 valence electrons. The molecular weight excluding hydrogens is 448 g/mol. The van der Waals surface area contributed by atoms with Crippen LogP contribution in [0.25, 0.3) is 0 Å². The number of methoxy groups -OCH3 is 1. The van der Waals surface area contributed by atoms with Gasteiger partial charge in [-0.3, -0.25) is 19.7 Å². The van der Waals surface area contributed by atoms with E-state index in [0.29, 0.717) is 22.9 Å². The van der Waals surface area contributed by atoms with Crippen molar-refractivity contribution in [3.8, 4) is 0 Å². The summed E-state index contributed by atoms with van der Waals surface area (Å²) in [6.07, 6.45) is 2.31. The van der Waals surface area contributed by atoms with Crippen LogP contribution in [0, 0.1) is 18.8 Å². The number of carbonyl (C=O) groups is 3. The molecule has 8 heteroatoms. The Kier molecular flexibility index (Phi) is 6.34. The number of rotatable bonds is 6. The lowest BCUT2D eigenvalue weighted by Gasteiger charge is -2.32. The number of carbonyl (C=O) groups excluding carboxylic acids is 3. The van der Waals surface area contributed by atoms with E-state index in [2.05, 4.69) is 5.32 Å². The molecule has 6 nitrogen and oxygen atoms in total. The Hall–Kier alpha value is -2.35. The molecule has 2 aliphatic rings. The number of halogens is 1. The van der Waals surface area contributed by atoms with Crippen LogP contribution in [-0.2, 0) is 19.1 Å². The third-order valence-corrected chi connectivity index (χ3v) is 7.29. The van der Waals surface area contributed by atoms with Gasteiger partial charge >= 0.3 is 5.97 Å². The van der Waals surface area contributed by atoms with Crippen LogP contribution in [0.1, 0.15) is 23.6 Å². The van der Waals surface area contributed by atoms with Gasteiger partial charge in [0.15, 0.2) is 0 Å². The molecule has 0 spiro atoms. The van der Waals surface area contributed by atoms with E-state index in [1.165, 1.54) is 12.0 Å². The van der Waals surface area contributed by atoms with Gasteiger partial charge in [0.1, 0.15) is 5.54 Å². The lowest BCUT2D eigenvalue weighted by Crippen LogP contribution is -2.56. The summed E-state index contributed by atoms with van der Waals surface area (Å²) in [5, 5.41) is 3.94. The minimum atomic E-state index is -1.29. The van der Waals surface area contributed by atoms with E-state index in [1.807, 2.05) is 37.4 Å². The van der Waals surface area contributed by atoms with Crippen molar-refractivity contribution in [3.63, 3.8) is 0 Å². The zero-order valence-corrected chi connectivity index (χ0v) is 19.7. The van der Waals surface area contributed by atoms with Gasteiger partial charge in [0.2, 0.25) is 11.8 Å². The summed E-state index contributed by atoms with van der Waals surface area (Å²) in [4.78, 5) is 41.8. The summed E-state index contributed by atoms with van der Waals surface area (Å²) >= 11 is 7.64. The Morgan fingerprint density at radius 1 is 1.12 bits per heavy atom. The number of nitrogens with zero attached hydrogens (tertiary/aromatic N) is 1. The molecule has 2 saturated heterocycles. The first-order valence-corrected chi connectivity index (χ1v) is 12.2. The second kappa shape index (κ2) is 8.89. The van der Waals surface area contributed by atoms with E-state index >= 15 is 0 Å². The van der Waals surface area contributed by atoms with Gasteiger partial charge in [-0.15, -0.1) is 0 Å². The number of anilines is 1. The molecular formula is C24H25ClN2O4S. The molecule has 2 aliphatic heterocycles. The molecule has 2 fully saturated rings. The molecule has 2 aromatic rings. The van der Waals surface area contributed by atoms with Crippen molar-refractivity contribution in [3.05, 3.63) is 64.7 Å². The van der Waals surface area contributed by atoms with Gasteiger partial charge in [0.25, 0.3) is 0 Å². The zero-order chi connectivity index (χ0) is 23.0. The highest BCUT2D eigenvalue weighted by atomic mass is 35.5. The highest BCUT2D eigenvalue weighted by Gasteiger charge is 2.68. The molecule has 2 heterocycles. The Labute approximate surface area is 196 Å². The third-order valence-electron chi connectivity index (χ3n) is 6.43. The predicted octanol–water partition coefficient (Wildman–Crippen LogP) is 3.76. The van der Waals surface area contributed by atoms with Crippen LogP contribution in [-0.4, -0.2) is 42.4 Å². The van der Waals surface area contributed by atoms with E-state index in [-0.39, 0.29) is 11.8 Å². The number of esters is 1. The third kappa shape index (κ3) is 3.62. The highest BCUT2D eigenvalue weighted by Crippen LogP contribution is 2.51. The monoisotopic (exact) mass is 472 g/mol. The standard InChI is InChI=1S/C24H25ClN2O4S/c1-14-4-10-17(11-5-14)27-21(28)18-19(22(27)29)24(12-13-32-3,23(30)31-2)26-20(18)15-6-8-16(25)9-7-15/h4-11,18-20,26H,12-13H2,1-3H3/t18-,19+,20+,24-/m1/s1. The number of ether oxygens (including phenoxy) is 1. The molecule has 2 amide bonds. The largest absolute Gasteiger partial charge is 0.468 e. The van der Waals surface area contributed by atoms with Crippen LogP contribution in [0.2, 0.25) is 5.02 Å². The maximum Gasteiger partial charge on any atom is 0.326 e. The number of aryl methyl sites for hydroxylation is 1. The van der Waals surface area contributed by atoms with Crippen LogP contribution in [0.3, 0.4) is 0 Å². The SMILES string of the molecule is COC(=O)[C@]1(CCSC)N[C@@H](c2ccc(Cl)cc2)[C@@H]2C(=O)N(c3ccc(C)cc3)C(=O)[C@H]21. The molecule has 0 radical (unpaired) electrons. The number of hydrogen-bond donors (Lipinski definition) is 1. The number of imide groups is 1. The van der Waals surface area contributed by atoms with Crippen molar-refractivity contribution in [2.24, 2.45) is 11.8 Å². The van der Waals surface area contributed by atoms with Crippen molar-refractivity contribution >= 4 is 46.8 Å². The summed E-state index contributed by atoms with van der Waals surface area (Å²) in [5.74, 6) is -2.18. The molecule has 0 saturated carbocycles. The predicted molar refractivity (Wildman–Crippen MR) is 126 cm³/mol. The molecule has 0 unspecified atom stereocenters. The fraction of sp³-hybridized carbons (Fsp3) is 0.375. The molecule has 4 atom stereocenters. The van der Waals surface area contributed by atoms with Crippen LogP contribution >= 0.6 is 23.4 Å². The smallest absolute Gasteiger partial charge is 0.326 e. The number of fused-ring (bicyclic) bond motifs is 1. The number of hydrogen-bond acceptors (Lipinski definition) is 6. The summed E-state index contributed by atoms with van der Waals surface area (Å²) in [7, 11) is 1.31. The highest BCUT2D eigenvalue weighted by molar-refractivity contribution is 7.98. The summed E-state index contributed by atoms with van der Waals surface area (Å²) < 4.78 is 5.17. The van der Waals surface area contributed by atoms with Crippen LogP contribution in [0.5, 0.6) is 0 Å². The lowest BCUT2D eigenvalue weighted by molar-refractivity contribution is -0.152. The van der Waals surface area contributed by atoms with Crippen molar-refractivity contribution in [2.45, 2.75) is 24.9 Å². The van der Waals surface area contributed by atoms with Gasteiger partial charge < -0.3 is 4.74 Å². The maximum absolute atomic E-state index is 13.7. The van der Waals surface area contributed by atoms with E-state index < -0.39 is 29.4 Å². The summed E-state index contributed by atoms with van der Waals surface area (Å²) in [6, 6.07) is 13.9. The van der Waals surface area contributed by atoms with Gasteiger partial charge in [0, 0.05) is 11.1 Å². The minimum Gasteiger partial charge on any atom is -0.468 e. The van der Waals surface area contributed by atoms with Gasteiger partial charge in [-0.05, 0) is 55.2 Å². The van der Waals surface area contributed by atoms with E-state index in [1.54, 1.807) is 36.0 Å². The van der Waals surface area contributed by atoms with Gasteiger partial charge in [-0.1, -0.05) is 41.4 Å². The summed E-state index contributed by atoms with van der Waals surface area (Å²) in [5.41, 5.74) is 1.04. The first kappa shape index (κ1) is 22.8. The Bertz CT molecular complexity index is 1040. The van der Waals surface area contributed by atoms with Gasteiger partial charge in [-0.2, -0.15) is 11.8 Å². The number of benzene rings is 2. The Morgan fingerprint density at radius 3 is 2.38 bits per heavy atom. The second-order valence-electron chi connectivity index (χ2n) is 8.23. The average Bonchev–Trinajstić information content (AvgIpc) is 3.27. The molecule has 0 aromatic heterocycles. The molecule has 2 aromatic carbocycles. The Morgan fingerprint density at radius 2 is 1.78 bits per heavy atom. The molecule has 32 heavy (non-hydrogen) atoms. The van der Waals surface area contributed by atoms with Crippen molar-refractivity contribution < 1.29 is 19.1 Å². The van der Waals surface area contributed by atoms with Crippen LogP contribution < -0.4 is 10.2 Å². The molecule has 1 N–H and O–H groups in total. The van der Waals surface area contributed by atoms with Gasteiger partial charge in [-0.25, -0.2) is 4.90 Å². The topological polar surface area (TPSA) is 75.7 Å². The lowest BCUT2D eigenvalue weighted by atomic mass is 9.78. The molecule has 4 rings (SSSR count). The minimum absolute atomic E-state index is 0.314. The number of nitrogens with one attached hydrogen (secondary N) is 1. The maximum atomic E-state index is 13.7. The zero-order valence-electron chi connectivity index (χ0n) is 18.1. The first-order chi connectivity index (χ1) is 15.3. The van der Waals surface area contributed by atoms with E-state index in [4.69, 9.17) is 16.3 Å². The normalized spacial score (nSPS) is 27.0. The van der Waals surface area contributed by atoms with Gasteiger partial charge in [0.05, 0.1) is 24.6 Å². The quantitative estimate of drug-likeness (QED) is 0.509. The number of amides is 2. The average molecular weight is 473 g/mol. The Balaban J connectivity index is 1.85. The van der Waals surface area contributed by atoms with E-state index in [0.717, 1.165) is 11.1 Å². The molecule has 0 bridgehead atoms. The summed E-state index contributed by atoms with van der Waals surface area (Å²) in [6.45, 7) is 1.94. The first-order valence-electron chi connectivity index (χ1n) is 10.4. The number of thioether (sulfide) groups is 1. The van der Waals surface area contributed by atoms with E-state index in [9.17, 15) is 14.4 Å². The molecule has 0 aliphatic carbocycles. The van der Waals surface area contributed by atoms with Crippen LogP contribution in [0.15, 0.2) is 48.5 Å². The van der Waals surface area contributed by atoms with Crippen LogP contribution in [0.4, 0.5) is 5.69 Å². The fourth-order valence-electron chi connectivity index (χ4n) is 4.87. The van der Waals surface area contributed by atoms with Crippen molar-refractivity contribution in [1.29, 1.82) is 0 Å².